The lowest BCUT2D eigenvalue weighted by Crippen LogP contribution is -2.17. The molecule has 0 radical (unpaired) electrons. The van der Waals surface area contributed by atoms with Crippen LogP contribution in [0.15, 0.2) is 27.4 Å². The number of carboxylic acids is 1. The number of nitrogens with one attached hydrogen (secondary N) is 2. The Balaban J connectivity index is 2.31. The van der Waals surface area contributed by atoms with Gasteiger partial charge in [-0.1, -0.05) is 0 Å². The molecule has 2 aromatic rings. The van der Waals surface area contributed by atoms with Crippen LogP contribution in [0.2, 0.25) is 0 Å². The molecule has 21 heavy (non-hydrogen) atoms. The highest BCUT2D eigenvalue weighted by atomic mass is 79.9. The number of nitrogens with zero attached hydrogens (tertiary/aromatic N) is 1. The molecular weight excluding hydrogens is 410 g/mol. The average molecular weight is 419 g/mol. The number of rotatable bonds is 4. The maximum absolute atomic E-state index is 12.1. The third kappa shape index (κ3) is 3.24. The molecule has 2 rings (SSSR count). The quantitative estimate of drug-likeness (QED) is 0.708. The number of hydrogen-bond donors (Lipinski definition) is 3. The number of H-pyrrole nitrogens is 1. The number of carbonyl (C=O) groups excluding carboxylic acids is 1. The summed E-state index contributed by atoms with van der Waals surface area (Å²) in [5.74, 6) is -1.38. The molecule has 0 saturated carbocycles. The molecular formula is C12H9Br2N3O4. The first-order chi connectivity index (χ1) is 9.93. The highest BCUT2D eigenvalue weighted by molar-refractivity contribution is 9.11. The van der Waals surface area contributed by atoms with E-state index in [0.717, 1.165) is 6.33 Å². The van der Waals surface area contributed by atoms with Gasteiger partial charge in [0.15, 0.2) is 11.4 Å². The minimum absolute atomic E-state index is 0.198. The molecule has 0 saturated heterocycles. The first-order valence-corrected chi connectivity index (χ1v) is 7.13. The van der Waals surface area contributed by atoms with Crippen molar-refractivity contribution < 1.29 is 19.4 Å². The molecule has 1 heterocycles. The molecule has 0 aliphatic rings. The number of aromatic nitrogens is 2. The Morgan fingerprint density at radius 2 is 2.05 bits per heavy atom. The molecule has 0 unspecified atom stereocenters. The zero-order chi connectivity index (χ0) is 15.6. The predicted molar refractivity (Wildman–Crippen MR) is 81.9 cm³/mol. The lowest BCUT2D eigenvalue weighted by Gasteiger charge is -2.10. The normalized spacial score (nSPS) is 10.2. The second kappa shape index (κ2) is 6.27. The van der Waals surface area contributed by atoms with Gasteiger partial charge in [-0.15, -0.1) is 0 Å². The van der Waals surface area contributed by atoms with E-state index < -0.39 is 11.9 Å². The van der Waals surface area contributed by atoms with Crippen molar-refractivity contribution >= 4 is 49.4 Å². The maximum atomic E-state index is 12.1. The molecule has 0 spiro atoms. The number of carbonyl (C=O) groups is 2. The van der Waals surface area contributed by atoms with E-state index in [1.54, 1.807) is 12.1 Å². The number of benzene rings is 1. The number of halogens is 2. The van der Waals surface area contributed by atoms with Gasteiger partial charge in [-0.3, -0.25) is 4.79 Å². The topological polar surface area (TPSA) is 104 Å². The maximum Gasteiger partial charge on any atom is 0.354 e. The fourth-order valence-corrected chi connectivity index (χ4v) is 2.85. The number of methoxy groups -OCH3 is 1. The molecule has 1 amide bonds. The SMILES string of the molecule is COc1cc(NC(=O)c2nc[nH]c2C(=O)O)c(Br)cc1Br. The van der Waals surface area contributed by atoms with Crippen molar-refractivity contribution in [3.05, 3.63) is 38.8 Å². The number of carboxylic acid groups (broad SMARTS) is 1. The molecule has 7 nitrogen and oxygen atoms in total. The molecule has 110 valence electrons. The monoisotopic (exact) mass is 417 g/mol. The number of aromatic carboxylic acids is 1. The Labute approximate surface area is 136 Å². The van der Waals surface area contributed by atoms with Crippen molar-refractivity contribution in [2.45, 2.75) is 0 Å². The van der Waals surface area contributed by atoms with Crippen LogP contribution in [0.4, 0.5) is 5.69 Å². The Morgan fingerprint density at radius 3 is 2.67 bits per heavy atom. The van der Waals surface area contributed by atoms with Gasteiger partial charge in [0.1, 0.15) is 5.75 Å². The highest BCUT2D eigenvalue weighted by Crippen LogP contribution is 2.34. The van der Waals surface area contributed by atoms with Gasteiger partial charge in [0.2, 0.25) is 0 Å². The first kappa shape index (κ1) is 15.5. The third-order valence-electron chi connectivity index (χ3n) is 2.56. The Bertz CT molecular complexity index is 715. The molecule has 9 heteroatoms. The summed E-state index contributed by atoms with van der Waals surface area (Å²) in [6, 6.07) is 3.30. The molecule has 3 N–H and O–H groups in total. The Hall–Kier alpha value is -1.87. The van der Waals surface area contributed by atoms with Crippen LogP contribution in [0.25, 0.3) is 0 Å². The second-order valence-electron chi connectivity index (χ2n) is 3.85. The van der Waals surface area contributed by atoms with Crippen LogP contribution >= 0.6 is 31.9 Å². The molecule has 1 aromatic heterocycles. The van der Waals surface area contributed by atoms with Gasteiger partial charge in [-0.25, -0.2) is 9.78 Å². The number of ether oxygens (including phenoxy) is 1. The number of amides is 1. The predicted octanol–water partition coefficient (Wildman–Crippen LogP) is 2.89. The fourth-order valence-electron chi connectivity index (χ4n) is 1.59. The van der Waals surface area contributed by atoms with Crippen molar-refractivity contribution in [3.8, 4) is 5.75 Å². The van der Waals surface area contributed by atoms with E-state index in [-0.39, 0.29) is 11.4 Å². The molecule has 0 aliphatic carbocycles. The number of anilines is 1. The van der Waals surface area contributed by atoms with Crippen molar-refractivity contribution in [1.82, 2.24) is 9.97 Å². The van der Waals surface area contributed by atoms with Gasteiger partial charge in [0.05, 0.1) is 23.6 Å². The van der Waals surface area contributed by atoms with Crippen molar-refractivity contribution in [3.63, 3.8) is 0 Å². The standard InChI is InChI=1S/C12H9Br2N3O4/c1-21-8-3-7(5(13)2-6(8)14)17-11(18)9-10(12(19)20)16-4-15-9/h2-4H,1H3,(H,15,16)(H,17,18)(H,19,20). The molecule has 0 aliphatic heterocycles. The first-order valence-electron chi connectivity index (χ1n) is 5.55. The summed E-state index contributed by atoms with van der Waals surface area (Å²) in [4.78, 5) is 29.2. The fraction of sp³-hybridized carbons (Fsp3) is 0.0833. The minimum Gasteiger partial charge on any atom is -0.495 e. The summed E-state index contributed by atoms with van der Waals surface area (Å²) in [5.41, 5.74) is -0.0385. The Kier molecular flexibility index (Phi) is 4.63. The number of aromatic amines is 1. The number of imidazole rings is 1. The summed E-state index contributed by atoms with van der Waals surface area (Å²) in [7, 11) is 1.50. The second-order valence-corrected chi connectivity index (χ2v) is 5.56. The van der Waals surface area contributed by atoms with Crippen molar-refractivity contribution in [2.75, 3.05) is 12.4 Å². The van der Waals surface area contributed by atoms with E-state index >= 15 is 0 Å². The molecule has 0 bridgehead atoms. The lowest BCUT2D eigenvalue weighted by molar-refractivity contribution is 0.0686. The zero-order valence-corrected chi connectivity index (χ0v) is 13.8. The summed E-state index contributed by atoms with van der Waals surface area (Å²) in [6.45, 7) is 0. The van der Waals surface area contributed by atoms with Crippen LogP contribution < -0.4 is 10.1 Å². The van der Waals surface area contributed by atoms with E-state index in [1.807, 2.05) is 0 Å². The summed E-state index contributed by atoms with van der Waals surface area (Å²) >= 11 is 6.62. The summed E-state index contributed by atoms with van der Waals surface area (Å²) in [6.07, 6.45) is 1.15. The van der Waals surface area contributed by atoms with Crippen LogP contribution in [0, 0.1) is 0 Å². The smallest absolute Gasteiger partial charge is 0.354 e. The molecule has 0 fully saturated rings. The lowest BCUT2D eigenvalue weighted by atomic mass is 10.2. The van der Waals surface area contributed by atoms with Crippen LogP contribution in [0.3, 0.4) is 0 Å². The van der Waals surface area contributed by atoms with Gasteiger partial charge in [-0.05, 0) is 37.9 Å². The van der Waals surface area contributed by atoms with Crippen LogP contribution in [-0.2, 0) is 0 Å². The van der Waals surface area contributed by atoms with E-state index in [9.17, 15) is 9.59 Å². The molecule has 1 aromatic carbocycles. The summed E-state index contributed by atoms with van der Waals surface area (Å²) in [5, 5.41) is 11.5. The van der Waals surface area contributed by atoms with Crippen LogP contribution in [-0.4, -0.2) is 34.1 Å². The van der Waals surface area contributed by atoms with E-state index in [1.165, 1.54) is 7.11 Å². The summed E-state index contributed by atoms with van der Waals surface area (Å²) < 4.78 is 6.46. The zero-order valence-electron chi connectivity index (χ0n) is 10.6. The minimum atomic E-state index is -1.26. The van der Waals surface area contributed by atoms with Gasteiger partial charge < -0.3 is 20.1 Å². The van der Waals surface area contributed by atoms with Gasteiger partial charge in [-0.2, -0.15) is 0 Å². The van der Waals surface area contributed by atoms with Crippen molar-refractivity contribution in [1.29, 1.82) is 0 Å². The average Bonchev–Trinajstić information content (AvgIpc) is 2.91. The van der Waals surface area contributed by atoms with Gasteiger partial charge >= 0.3 is 5.97 Å². The third-order valence-corrected chi connectivity index (χ3v) is 3.83. The van der Waals surface area contributed by atoms with E-state index in [4.69, 9.17) is 9.84 Å². The Morgan fingerprint density at radius 1 is 1.33 bits per heavy atom. The van der Waals surface area contributed by atoms with Crippen LogP contribution in [0.1, 0.15) is 21.0 Å². The van der Waals surface area contributed by atoms with Gasteiger partial charge in [0.25, 0.3) is 5.91 Å². The van der Waals surface area contributed by atoms with Gasteiger partial charge in [0, 0.05) is 10.5 Å². The highest BCUT2D eigenvalue weighted by Gasteiger charge is 2.20. The van der Waals surface area contributed by atoms with Crippen molar-refractivity contribution in [2.24, 2.45) is 0 Å². The van der Waals surface area contributed by atoms with Crippen LogP contribution in [0.5, 0.6) is 5.75 Å². The largest absolute Gasteiger partial charge is 0.495 e. The number of hydrogen-bond acceptors (Lipinski definition) is 4. The van der Waals surface area contributed by atoms with E-state index in [0.29, 0.717) is 20.4 Å². The van der Waals surface area contributed by atoms with E-state index in [2.05, 4.69) is 47.1 Å². The molecule has 0 atom stereocenters.